The Hall–Kier alpha value is -0.890. The molecule has 1 aromatic heterocycles. The van der Waals surface area contributed by atoms with Crippen molar-refractivity contribution in [3.8, 4) is 0 Å². The van der Waals surface area contributed by atoms with Crippen molar-refractivity contribution in [2.75, 3.05) is 6.54 Å². The van der Waals surface area contributed by atoms with E-state index in [-0.39, 0.29) is 0 Å². The summed E-state index contributed by atoms with van der Waals surface area (Å²) in [5.41, 5.74) is 1.75. The van der Waals surface area contributed by atoms with Gasteiger partial charge in [0, 0.05) is 30.9 Å². The van der Waals surface area contributed by atoms with E-state index in [4.69, 9.17) is 0 Å². The quantitative estimate of drug-likeness (QED) is 0.822. The lowest BCUT2D eigenvalue weighted by atomic mass is 9.85. The third kappa shape index (κ3) is 4.41. The van der Waals surface area contributed by atoms with Crippen LogP contribution in [0.1, 0.15) is 51.6 Å². The smallest absolute Gasteiger partial charge is 0.0416 e. The van der Waals surface area contributed by atoms with Crippen LogP contribution in [0.2, 0.25) is 0 Å². The van der Waals surface area contributed by atoms with Gasteiger partial charge in [-0.3, -0.25) is 4.98 Å². The summed E-state index contributed by atoms with van der Waals surface area (Å²) in [6.07, 6.45) is 9.69. The van der Waals surface area contributed by atoms with Gasteiger partial charge < -0.3 is 5.32 Å². The lowest BCUT2D eigenvalue weighted by molar-refractivity contribution is 0.310. The Balaban J connectivity index is 1.71. The lowest BCUT2D eigenvalue weighted by Gasteiger charge is -2.22. The van der Waals surface area contributed by atoms with Crippen molar-refractivity contribution in [1.82, 2.24) is 10.3 Å². The van der Waals surface area contributed by atoms with E-state index in [1.807, 2.05) is 12.3 Å². The minimum atomic E-state index is 0.553. The van der Waals surface area contributed by atoms with E-state index in [2.05, 4.69) is 36.3 Å². The van der Waals surface area contributed by atoms with E-state index in [1.54, 1.807) is 0 Å². The Labute approximate surface area is 111 Å². The van der Waals surface area contributed by atoms with Crippen molar-refractivity contribution >= 4 is 0 Å². The average Bonchev–Trinajstić information content (AvgIpc) is 2.52. The number of nitrogens with zero attached hydrogens (tertiary/aromatic N) is 1. The fourth-order valence-corrected chi connectivity index (χ4v) is 2.82. The zero-order chi connectivity index (χ0) is 12.8. The van der Waals surface area contributed by atoms with E-state index >= 15 is 0 Å². The van der Waals surface area contributed by atoms with Crippen LogP contribution in [0.5, 0.6) is 0 Å². The Morgan fingerprint density at radius 2 is 2.17 bits per heavy atom. The van der Waals surface area contributed by atoms with Gasteiger partial charge in [0.1, 0.15) is 0 Å². The van der Waals surface area contributed by atoms with Crippen LogP contribution in [0, 0.1) is 5.41 Å². The normalized spacial score (nSPS) is 23.6. The van der Waals surface area contributed by atoms with Crippen LogP contribution < -0.4 is 5.32 Å². The van der Waals surface area contributed by atoms with Crippen molar-refractivity contribution in [3.05, 3.63) is 30.1 Å². The van der Waals surface area contributed by atoms with Gasteiger partial charge >= 0.3 is 0 Å². The van der Waals surface area contributed by atoms with E-state index in [1.165, 1.54) is 37.8 Å². The summed E-state index contributed by atoms with van der Waals surface area (Å²) in [4.78, 5) is 4.36. The molecule has 18 heavy (non-hydrogen) atoms. The highest BCUT2D eigenvalue weighted by Crippen LogP contribution is 2.33. The van der Waals surface area contributed by atoms with Gasteiger partial charge in [-0.25, -0.2) is 0 Å². The van der Waals surface area contributed by atoms with Gasteiger partial charge in [0.05, 0.1) is 0 Å². The first-order chi connectivity index (χ1) is 8.66. The Morgan fingerprint density at radius 1 is 1.28 bits per heavy atom. The van der Waals surface area contributed by atoms with E-state index < -0.39 is 0 Å². The predicted molar refractivity (Wildman–Crippen MR) is 76.6 cm³/mol. The van der Waals surface area contributed by atoms with Crippen LogP contribution in [0.25, 0.3) is 0 Å². The standard InChI is InChI=1S/C16H26N2/c1-16(2)10-5-7-14(8-11-16)18-13-9-15-6-3-4-12-17-15/h3-4,6,12,14,18H,5,7-11,13H2,1-2H3. The maximum Gasteiger partial charge on any atom is 0.0416 e. The Kier molecular flexibility index (Phi) is 4.76. The van der Waals surface area contributed by atoms with Crippen LogP contribution in [0.4, 0.5) is 0 Å². The molecule has 0 amide bonds. The molecule has 0 saturated heterocycles. The number of hydrogen-bond acceptors (Lipinski definition) is 2. The summed E-state index contributed by atoms with van der Waals surface area (Å²) >= 11 is 0. The number of nitrogens with one attached hydrogen (secondary N) is 1. The first-order valence-corrected chi connectivity index (χ1v) is 7.29. The molecule has 1 N–H and O–H groups in total. The molecule has 0 aromatic carbocycles. The third-order valence-corrected chi connectivity index (χ3v) is 4.12. The summed E-state index contributed by atoms with van der Waals surface area (Å²) in [5.74, 6) is 0. The largest absolute Gasteiger partial charge is 0.314 e. The first-order valence-electron chi connectivity index (χ1n) is 7.29. The molecular formula is C16H26N2. The molecule has 0 radical (unpaired) electrons. The second-order valence-electron chi connectivity index (χ2n) is 6.32. The number of pyridine rings is 1. The van der Waals surface area contributed by atoms with Crippen molar-refractivity contribution < 1.29 is 0 Å². The zero-order valence-corrected chi connectivity index (χ0v) is 11.8. The molecule has 1 aliphatic rings. The fraction of sp³-hybridized carbons (Fsp3) is 0.688. The summed E-state index contributed by atoms with van der Waals surface area (Å²) in [5, 5.41) is 3.71. The molecule has 1 fully saturated rings. The molecule has 1 aliphatic carbocycles. The summed E-state index contributed by atoms with van der Waals surface area (Å²) in [7, 11) is 0. The van der Waals surface area contributed by atoms with Gasteiger partial charge in [-0.05, 0) is 43.2 Å². The molecule has 2 rings (SSSR count). The maximum absolute atomic E-state index is 4.36. The average molecular weight is 246 g/mol. The summed E-state index contributed by atoms with van der Waals surface area (Å²) in [6, 6.07) is 6.87. The van der Waals surface area contributed by atoms with Crippen LogP contribution in [0.3, 0.4) is 0 Å². The van der Waals surface area contributed by atoms with Gasteiger partial charge in [0.25, 0.3) is 0 Å². The third-order valence-electron chi connectivity index (χ3n) is 4.12. The molecule has 1 aromatic rings. The number of rotatable bonds is 4. The highest BCUT2D eigenvalue weighted by atomic mass is 14.9. The molecule has 1 saturated carbocycles. The predicted octanol–water partition coefficient (Wildman–Crippen LogP) is 3.57. The highest BCUT2D eigenvalue weighted by Gasteiger charge is 2.23. The molecular weight excluding hydrogens is 220 g/mol. The first kappa shape index (κ1) is 13.5. The van der Waals surface area contributed by atoms with Crippen LogP contribution in [-0.4, -0.2) is 17.6 Å². The number of hydrogen-bond donors (Lipinski definition) is 1. The maximum atomic E-state index is 4.36. The molecule has 2 nitrogen and oxygen atoms in total. The minimum Gasteiger partial charge on any atom is -0.314 e. The number of aromatic nitrogens is 1. The van der Waals surface area contributed by atoms with E-state index in [0.29, 0.717) is 5.41 Å². The van der Waals surface area contributed by atoms with Crippen molar-refractivity contribution in [2.24, 2.45) is 5.41 Å². The lowest BCUT2D eigenvalue weighted by Crippen LogP contribution is -2.30. The van der Waals surface area contributed by atoms with E-state index in [9.17, 15) is 0 Å². The SMILES string of the molecule is CC1(C)CCCC(NCCc2ccccn2)CC1. The second kappa shape index (κ2) is 6.33. The molecule has 1 atom stereocenters. The molecule has 100 valence electrons. The topological polar surface area (TPSA) is 24.9 Å². The molecule has 1 heterocycles. The zero-order valence-electron chi connectivity index (χ0n) is 11.8. The van der Waals surface area contributed by atoms with Gasteiger partial charge in [0.2, 0.25) is 0 Å². The van der Waals surface area contributed by atoms with Gasteiger partial charge in [-0.2, -0.15) is 0 Å². The highest BCUT2D eigenvalue weighted by molar-refractivity contribution is 5.03. The molecule has 1 unspecified atom stereocenters. The Bertz CT molecular complexity index is 345. The van der Waals surface area contributed by atoms with Crippen molar-refractivity contribution in [1.29, 1.82) is 0 Å². The molecule has 2 heteroatoms. The molecule has 0 spiro atoms. The second-order valence-corrected chi connectivity index (χ2v) is 6.32. The Morgan fingerprint density at radius 3 is 2.94 bits per heavy atom. The van der Waals surface area contributed by atoms with Crippen LogP contribution in [-0.2, 0) is 6.42 Å². The van der Waals surface area contributed by atoms with Gasteiger partial charge in [0.15, 0.2) is 0 Å². The summed E-state index contributed by atoms with van der Waals surface area (Å²) in [6.45, 7) is 5.87. The van der Waals surface area contributed by atoms with Gasteiger partial charge in [-0.1, -0.05) is 26.3 Å². The molecule has 0 aliphatic heterocycles. The van der Waals surface area contributed by atoms with Crippen LogP contribution >= 0.6 is 0 Å². The monoisotopic (exact) mass is 246 g/mol. The minimum absolute atomic E-state index is 0.553. The molecule has 0 bridgehead atoms. The van der Waals surface area contributed by atoms with Crippen molar-refractivity contribution in [2.45, 2.75) is 58.4 Å². The fourth-order valence-electron chi connectivity index (χ4n) is 2.82. The van der Waals surface area contributed by atoms with Crippen molar-refractivity contribution in [3.63, 3.8) is 0 Å². The van der Waals surface area contributed by atoms with E-state index in [0.717, 1.165) is 19.0 Å². The summed E-state index contributed by atoms with van der Waals surface area (Å²) < 4.78 is 0. The van der Waals surface area contributed by atoms with Gasteiger partial charge in [-0.15, -0.1) is 0 Å². The van der Waals surface area contributed by atoms with Crippen LogP contribution in [0.15, 0.2) is 24.4 Å².